The summed E-state index contributed by atoms with van der Waals surface area (Å²) in [5, 5.41) is 2.38. The second-order valence-corrected chi connectivity index (χ2v) is 9.15. The first kappa shape index (κ1) is 24.1. The van der Waals surface area contributed by atoms with E-state index >= 15 is 0 Å². The van der Waals surface area contributed by atoms with E-state index in [9.17, 15) is 39.6 Å². The fraction of sp³-hybridized carbons (Fsp3) is 0.350. The molecule has 0 bridgehead atoms. The van der Waals surface area contributed by atoms with Crippen molar-refractivity contribution in [1.82, 2.24) is 4.31 Å². The zero-order valence-corrected chi connectivity index (χ0v) is 17.2. The van der Waals surface area contributed by atoms with Gasteiger partial charge in [-0.2, -0.15) is 30.6 Å². The minimum Gasteiger partial charge on any atom is -0.326 e. The van der Waals surface area contributed by atoms with Crippen LogP contribution in [-0.4, -0.2) is 31.7 Å². The Balaban J connectivity index is 1.69. The van der Waals surface area contributed by atoms with Crippen LogP contribution in [0.4, 0.5) is 32.0 Å². The van der Waals surface area contributed by atoms with Gasteiger partial charge in [-0.25, -0.2) is 8.42 Å². The molecule has 0 unspecified atom stereocenters. The molecule has 1 aliphatic heterocycles. The molecule has 1 aliphatic rings. The van der Waals surface area contributed by atoms with Crippen molar-refractivity contribution in [2.75, 3.05) is 18.4 Å². The van der Waals surface area contributed by atoms with Crippen molar-refractivity contribution < 1.29 is 39.6 Å². The molecule has 12 heteroatoms. The smallest absolute Gasteiger partial charge is 0.326 e. The van der Waals surface area contributed by atoms with E-state index in [1.54, 1.807) is 0 Å². The Morgan fingerprint density at radius 2 is 1.53 bits per heavy atom. The van der Waals surface area contributed by atoms with Gasteiger partial charge in [-0.15, -0.1) is 0 Å². The fourth-order valence-corrected chi connectivity index (χ4v) is 5.12. The summed E-state index contributed by atoms with van der Waals surface area (Å²) in [4.78, 5) is 11.6. The molecular weight excluding hydrogens is 462 g/mol. The predicted octanol–water partition coefficient (Wildman–Crippen LogP) is 4.76. The minimum atomic E-state index is -4.85. The van der Waals surface area contributed by atoms with Crippen molar-refractivity contribution in [3.05, 3.63) is 59.7 Å². The van der Waals surface area contributed by atoms with Gasteiger partial charge in [0.25, 0.3) is 0 Å². The molecule has 32 heavy (non-hydrogen) atoms. The number of rotatable bonds is 4. The predicted molar refractivity (Wildman–Crippen MR) is 103 cm³/mol. The Kier molecular flexibility index (Phi) is 6.57. The third-order valence-corrected chi connectivity index (χ3v) is 7.05. The summed E-state index contributed by atoms with van der Waals surface area (Å²) in [6.45, 7) is -0.398. The molecule has 0 atom stereocenters. The Morgan fingerprint density at radius 1 is 0.906 bits per heavy atom. The van der Waals surface area contributed by atoms with Crippen LogP contribution in [0.5, 0.6) is 0 Å². The van der Waals surface area contributed by atoms with Gasteiger partial charge in [0.2, 0.25) is 15.9 Å². The summed E-state index contributed by atoms with van der Waals surface area (Å²) in [5.74, 6) is -1.29. The molecule has 1 saturated heterocycles. The molecule has 5 nitrogen and oxygen atoms in total. The van der Waals surface area contributed by atoms with Crippen molar-refractivity contribution in [1.29, 1.82) is 0 Å². The van der Waals surface area contributed by atoms with E-state index in [0.717, 1.165) is 34.6 Å². The van der Waals surface area contributed by atoms with Crippen molar-refractivity contribution in [3.8, 4) is 0 Å². The van der Waals surface area contributed by atoms with Gasteiger partial charge in [0.05, 0.1) is 16.0 Å². The molecule has 0 saturated carbocycles. The fourth-order valence-electron chi connectivity index (χ4n) is 3.44. The normalized spacial score (nSPS) is 16.7. The molecule has 3 rings (SSSR count). The number of benzene rings is 2. The molecule has 1 amide bonds. The van der Waals surface area contributed by atoms with E-state index < -0.39 is 50.2 Å². The lowest BCUT2D eigenvalue weighted by molar-refractivity contribution is -0.140. The van der Waals surface area contributed by atoms with Gasteiger partial charge in [-0.1, -0.05) is 18.2 Å². The number of anilines is 1. The number of nitrogens with one attached hydrogen (secondary N) is 1. The van der Waals surface area contributed by atoms with Crippen LogP contribution in [0.2, 0.25) is 0 Å². The monoisotopic (exact) mass is 480 g/mol. The average Bonchev–Trinajstić information content (AvgIpc) is 2.73. The third kappa shape index (κ3) is 5.23. The first-order chi connectivity index (χ1) is 14.8. The molecule has 0 aliphatic carbocycles. The van der Waals surface area contributed by atoms with E-state index in [4.69, 9.17) is 0 Å². The van der Waals surface area contributed by atoms with Crippen LogP contribution in [0, 0.1) is 5.92 Å². The first-order valence-electron chi connectivity index (χ1n) is 9.44. The maximum atomic E-state index is 13.2. The first-order valence-corrected chi connectivity index (χ1v) is 10.9. The summed E-state index contributed by atoms with van der Waals surface area (Å²) in [6, 6.07) is 7.92. The number of piperidine rings is 1. The van der Waals surface area contributed by atoms with Gasteiger partial charge in [-0.05, 0) is 43.2 Å². The number of hydrogen-bond donors (Lipinski definition) is 1. The van der Waals surface area contributed by atoms with Crippen LogP contribution < -0.4 is 5.32 Å². The topological polar surface area (TPSA) is 66.5 Å². The van der Waals surface area contributed by atoms with Crippen LogP contribution in [0.25, 0.3) is 0 Å². The summed E-state index contributed by atoms with van der Waals surface area (Å²) >= 11 is 0. The van der Waals surface area contributed by atoms with Gasteiger partial charge in [0.15, 0.2) is 0 Å². The Hall–Kier alpha value is -2.60. The zero-order chi connectivity index (χ0) is 23.7. The highest BCUT2D eigenvalue weighted by Crippen LogP contribution is 2.36. The molecule has 2 aromatic rings. The Labute approximate surface area is 180 Å². The SMILES string of the molecule is O=C(Nc1cccc(C(F)(F)F)c1)C1CCN(S(=O)(=O)c2ccccc2C(F)(F)F)CC1. The maximum Gasteiger partial charge on any atom is 0.417 e. The van der Waals surface area contributed by atoms with Gasteiger partial charge in [-0.3, -0.25) is 4.79 Å². The second-order valence-electron chi connectivity index (χ2n) is 7.24. The van der Waals surface area contributed by atoms with E-state index in [1.165, 1.54) is 12.1 Å². The van der Waals surface area contributed by atoms with Gasteiger partial charge in [0.1, 0.15) is 0 Å². The molecule has 174 valence electrons. The summed E-state index contributed by atoms with van der Waals surface area (Å²) in [7, 11) is -4.45. The average molecular weight is 480 g/mol. The van der Waals surface area contributed by atoms with Crippen LogP contribution in [-0.2, 0) is 27.2 Å². The molecule has 1 fully saturated rings. The summed E-state index contributed by atoms with van der Waals surface area (Å²) < 4.78 is 105. The number of carbonyl (C=O) groups is 1. The van der Waals surface area contributed by atoms with Crippen LogP contribution in [0.1, 0.15) is 24.0 Å². The van der Waals surface area contributed by atoms with E-state index in [-0.39, 0.29) is 31.6 Å². The highest BCUT2D eigenvalue weighted by molar-refractivity contribution is 7.89. The van der Waals surface area contributed by atoms with Crippen molar-refractivity contribution >= 4 is 21.6 Å². The number of amides is 1. The van der Waals surface area contributed by atoms with Crippen molar-refractivity contribution in [2.24, 2.45) is 5.92 Å². The Bertz CT molecular complexity index is 1090. The number of hydrogen-bond acceptors (Lipinski definition) is 3. The number of alkyl halides is 6. The molecule has 1 heterocycles. The maximum absolute atomic E-state index is 13.2. The molecular formula is C20H18F6N2O3S. The molecule has 0 aromatic heterocycles. The number of halogens is 6. The largest absolute Gasteiger partial charge is 0.417 e. The quantitative estimate of drug-likeness (QED) is 0.642. The van der Waals surface area contributed by atoms with Crippen LogP contribution >= 0.6 is 0 Å². The Morgan fingerprint density at radius 3 is 2.12 bits per heavy atom. The molecule has 0 radical (unpaired) electrons. The van der Waals surface area contributed by atoms with Crippen LogP contribution in [0.15, 0.2) is 53.4 Å². The molecule has 1 N–H and O–H groups in total. The highest BCUT2D eigenvalue weighted by Gasteiger charge is 2.40. The van der Waals surface area contributed by atoms with Crippen molar-refractivity contribution in [2.45, 2.75) is 30.1 Å². The zero-order valence-electron chi connectivity index (χ0n) is 16.4. The van der Waals surface area contributed by atoms with Gasteiger partial charge >= 0.3 is 12.4 Å². The highest BCUT2D eigenvalue weighted by atomic mass is 32.2. The number of sulfonamides is 1. The van der Waals surface area contributed by atoms with Crippen LogP contribution in [0.3, 0.4) is 0 Å². The molecule has 2 aromatic carbocycles. The van der Waals surface area contributed by atoms with Gasteiger partial charge in [0, 0.05) is 24.7 Å². The van der Waals surface area contributed by atoms with E-state index in [1.807, 2.05) is 0 Å². The number of nitrogens with zero attached hydrogens (tertiary/aromatic N) is 1. The standard InChI is InChI=1S/C20H18F6N2O3S/c21-19(22,23)14-4-3-5-15(12-14)27-18(29)13-8-10-28(11-9-13)32(30,31)17-7-2-1-6-16(17)20(24,25)26/h1-7,12-13H,8-11H2,(H,27,29). The van der Waals surface area contributed by atoms with Crippen molar-refractivity contribution in [3.63, 3.8) is 0 Å². The molecule has 0 spiro atoms. The number of carbonyl (C=O) groups excluding carboxylic acids is 1. The summed E-state index contributed by atoms with van der Waals surface area (Å²) in [6.07, 6.45) is -9.41. The summed E-state index contributed by atoms with van der Waals surface area (Å²) in [5.41, 5.74) is -2.26. The minimum absolute atomic E-state index is 0.0121. The lowest BCUT2D eigenvalue weighted by Crippen LogP contribution is -2.41. The van der Waals surface area contributed by atoms with E-state index in [2.05, 4.69) is 5.32 Å². The second kappa shape index (κ2) is 8.74. The lowest BCUT2D eigenvalue weighted by Gasteiger charge is -2.31. The third-order valence-electron chi connectivity index (χ3n) is 5.09. The van der Waals surface area contributed by atoms with Gasteiger partial charge < -0.3 is 5.32 Å². The van der Waals surface area contributed by atoms with E-state index in [0.29, 0.717) is 6.07 Å². The lowest BCUT2D eigenvalue weighted by atomic mass is 9.97.